The van der Waals surface area contributed by atoms with Crippen molar-refractivity contribution in [2.24, 2.45) is 0 Å². The summed E-state index contributed by atoms with van der Waals surface area (Å²) in [7, 11) is 0. The summed E-state index contributed by atoms with van der Waals surface area (Å²) in [4.78, 5) is 23.4. The molecule has 1 aliphatic heterocycles. The fourth-order valence-electron chi connectivity index (χ4n) is 1.87. The molecule has 1 heterocycles. The molecular formula is C11H20N2O3S. The van der Waals surface area contributed by atoms with E-state index in [0.717, 1.165) is 18.7 Å². The summed E-state index contributed by atoms with van der Waals surface area (Å²) in [5.41, 5.74) is 0. The molecule has 1 saturated heterocycles. The molecule has 0 saturated carbocycles. The minimum Gasteiger partial charge on any atom is -0.480 e. The molecule has 5 nitrogen and oxygen atoms in total. The van der Waals surface area contributed by atoms with Gasteiger partial charge < -0.3 is 15.3 Å². The van der Waals surface area contributed by atoms with E-state index in [1.165, 1.54) is 25.9 Å². The van der Waals surface area contributed by atoms with Gasteiger partial charge in [0.15, 0.2) is 0 Å². The second-order valence-corrected chi connectivity index (χ2v) is 5.30. The first-order chi connectivity index (χ1) is 8.24. The predicted octanol–water partition coefficient (Wildman–Crippen LogP) is 0.405. The molecule has 1 unspecified atom stereocenters. The molecule has 0 spiro atoms. The Balaban J connectivity index is 2.01. The van der Waals surface area contributed by atoms with Crippen LogP contribution in [0.1, 0.15) is 19.3 Å². The van der Waals surface area contributed by atoms with Gasteiger partial charge in [0.2, 0.25) is 6.41 Å². The first-order valence-electron chi connectivity index (χ1n) is 5.96. The van der Waals surface area contributed by atoms with Gasteiger partial charge in [-0.05, 0) is 44.6 Å². The minimum absolute atomic E-state index is 0.439. The molecule has 0 radical (unpaired) electrons. The summed E-state index contributed by atoms with van der Waals surface area (Å²) in [5.74, 6) is 0.415. The van der Waals surface area contributed by atoms with E-state index < -0.39 is 12.0 Å². The molecule has 0 aromatic rings. The number of nitrogens with one attached hydrogen (secondary N) is 1. The van der Waals surface area contributed by atoms with Crippen molar-refractivity contribution < 1.29 is 14.7 Å². The number of rotatable bonds is 9. The van der Waals surface area contributed by atoms with Crippen molar-refractivity contribution in [1.82, 2.24) is 10.2 Å². The molecule has 0 bridgehead atoms. The van der Waals surface area contributed by atoms with Gasteiger partial charge in [-0.3, -0.25) is 4.79 Å². The topological polar surface area (TPSA) is 69.6 Å². The van der Waals surface area contributed by atoms with Crippen LogP contribution in [0.3, 0.4) is 0 Å². The molecule has 1 rings (SSSR count). The number of nitrogens with zero attached hydrogens (tertiary/aromatic N) is 1. The smallest absolute Gasteiger partial charge is 0.327 e. The molecule has 98 valence electrons. The van der Waals surface area contributed by atoms with Gasteiger partial charge in [0.05, 0.1) is 0 Å². The van der Waals surface area contributed by atoms with Crippen LogP contribution in [-0.2, 0) is 9.59 Å². The lowest BCUT2D eigenvalue weighted by molar-refractivity contribution is -0.139. The zero-order chi connectivity index (χ0) is 12.5. The van der Waals surface area contributed by atoms with Crippen LogP contribution in [-0.4, -0.2) is 59.6 Å². The Morgan fingerprint density at radius 3 is 2.76 bits per heavy atom. The first-order valence-corrected chi connectivity index (χ1v) is 7.12. The van der Waals surface area contributed by atoms with Crippen molar-refractivity contribution in [3.05, 3.63) is 0 Å². The largest absolute Gasteiger partial charge is 0.480 e. The standard InChI is InChI=1S/C11H20N2O3S/c14-9-12-10(11(15)16)8-17-7-3-6-13-4-1-2-5-13/h9-10H,1-8H2,(H,12,14)(H,15,16). The van der Waals surface area contributed by atoms with Gasteiger partial charge in [-0.15, -0.1) is 0 Å². The predicted molar refractivity (Wildman–Crippen MR) is 68.2 cm³/mol. The lowest BCUT2D eigenvalue weighted by Crippen LogP contribution is -2.37. The Morgan fingerprint density at radius 1 is 1.47 bits per heavy atom. The summed E-state index contributed by atoms with van der Waals surface area (Å²) >= 11 is 1.58. The highest BCUT2D eigenvalue weighted by atomic mass is 32.2. The molecule has 0 aromatic carbocycles. The average molecular weight is 260 g/mol. The van der Waals surface area contributed by atoms with Gasteiger partial charge in [-0.25, -0.2) is 4.79 Å². The van der Waals surface area contributed by atoms with Crippen LogP contribution < -0.4 is 5.32 Å². The number of hydrogen-bond donors (Lipinski definition) is 2. The normalized spacial score (nSPS) is 17.9. The molecular weight excluding hydrogens is 240 g/mol. The maximum atomic E-state index is 10.7. The second-order valence-electron chi connectivity index (χ2n) is 4.15. The van der Waals surface area contributed by atoms with E-state index in [4.69, 9.17) is 5.11 Å². The van der Waals surface area contributed by atoms with Crippen molar-refractivity contribution in [1.29, 1.82) is 0 Å². The van der Waals surface area contributed by atoms with Crippen LogP contribution in [0.5, 0.6) is 0 Å². The summed E-state index contributed by atoms with van der Waals surface area (Å²) in [5, 5.41) is 11.1. The van der Waals surface area contributed by atoms with Gasteiger partial charge in [0.1, 0.15) is 6.04 Å². The Kier molecular flexibility index (Phi) is 7.04. The summed E-state index contributed by atoms with van der Waals surface area (Å²) in [6.07, 6.45) is 4.14. The number of carboxylic acids is 1. The van der Waals surface area contributed by atoms with Crippen LogP contribution in [0, 0.1) is 0 Å². The zero-order valence-electron chi connectivity index (χ0n) is 9.93. The lowest BCUT2D eigenvalue weighted by Gasteiger charge is -2.14. The quantitative estimate of drug-likeness (QED) is 0.464. The van der Waals surface area contributed by atoms with E-state index in [-0.39, 0.29) is 0 Å². The molecule has 1 aliphatic rings. The van der Waals surface area contributed by atoms with Gasteiger partial charge in [-0.2, -0.15) is 11.8 Å². The van der Waals surface area contributed by atoms with Gasteiger partial charge in [0, 0.05) is 5.75 Å². The first kappa shape index (κ1) is 14.3. The molecule has 6 heteroatoms. The zero-order valence-corrected chi connectivity index (χ0v) is 10.7. The Hall–Kier alpha value is -0.750. The molecule has 0 aliphatic carbocycles. The molecule has 2 N–H and O–H groups in total. The number of hydrogen-bond acceptors (Lipinski definition) is 4. The van der Waals surface area contributed by atoms with Crippen LogP contribution in [0.4, 0.5) is 0 Å². The molecule has 1 fully saturated rings. The Labute approximate surface area is 106 Å². The highest BCUT2D eigenvalue weighted by Gasteiger charge is 2.16. The number of amides is 1. The van der Waals surface area contributed by atoms with Gasteiger partial charge in [0.25, 0.3) is 0 Å². The maximum absolute atomic E-state index is 10.7. The number of carbonyl (C=O) groups excluding carboxylic acids is 1. The average Bonchev–Trinajstić information content (AvgIpc) is 2.80. The maximum Gasteiger partial charge on any atom is 0.327 e. The van der Waals surface area contributed by atoms with E-state index in [2.05, 4.69) is 10.2 Å². The van der Waals surface area contributed by atoms with Crippen molar-refractivity contribution in [3.8, 4) is 0 Å². The summed E-state index contributed by atoms with van der Waals surface area (Å²) in [6, 6.07) is -0.760. The minimum atomic E-state index is -0.968. The highest BCUT2D eigenvalue weighted by Crippen LogP contribution is 2.10. The molecule has 1 atom stereocenters. The second kappa shape index (κ2) is 8.36. The van der Waals surface area contributed by atoms with Crippen molar-refractivity contribution in [2.75, 3.05) is 31.1 Å². The van der Waals surface area contributed by atoms with E-state index >= 15 is 0 Å². The number of thioether (sulfide) groups is 1. The fraction of sp³-hybridized carbons (Fsp3) is 0.818. The molecule has 17 heavy (non-hydrogen) atoms. The SMILES string of the molecule is O=CNC(CSCCCN1CCCC1)C(=O)O. The number of likely N-dealkylation sites (tertiary alicyclic amines) is 1. The van der Waals surface area contributed by atoms with E-state index in [0.29, 0.717) is 12.2 Å². The number of carbonyl (C=O) groups is 2. The van der Waals surface area contributed by atoms with Crippen molar-refractivity contribution in [2.45, 2.75) is 25.3 Å². The third-order valence-electron chi connectivity index (χ3n) is 2.81. The van der Waals surface area contributed by atoms with Crippen LogP contribution in [0.25, 0.3) is 0 Å². The van der Waals surface area contributed by atoms with Gasteiger partial charge >= 0.3 is 5.97 Å². The Morgan fingerprint density at radius 2 is 2.18 bits per heavy atom. The van der Waals surface area contributed by atoms with Crippen molar-refractivity contribution >= 4 is 24.1 Å². The summed E-state index contributed by atoms with van der Waals surface area (Å²) < 4.78 is 0. The van der Waals surface area contributed by atoms with Crippen molar-refractivity contribution in [3.63, 3.8) is 0 Å². The lowest BCUT2D eigenvalue weighted by atomic mass is 10.3. The highest BCUT2D eigenvalue weighted by molar-refractivity contribution is 7.99. The van der Waals surface area contributed by atoms with Gasteiger partial charge in [-0.1, -0.05) is 0 Å². The third kappa shape index (κ3) is 5.93. The Bertz CT molecular complexity index is 245. The third-order valence-corrected chi connectivity index (χ3v) is 3.96. The van der Waals surface area contributed by atoms with E-state index in [1.54, 1.807) is 11.8 Å². The van der Waals surface area contributed by atoms with Crippen LogP contribution in [0.15, 0.2) is 0 Å². The summed E-state index contributed by atoms with van der Waals surface area (Å²) in [6.45, 7) is 3.51. The van der Waals surface area contributed by atoms with E-state index in [9.17, 15) is 9.59 Å². The number of carboxylic acid groups (broad SMARTS) is 1. The van der Waals surface area contributed by atoms with Crippen LogP contribution >= 0.6 is 11.8 Å². The van der Waals surface area contributed by atoms with Crippen LogP contribution in [0.2, 0.25) is 0 Å². The molecule has 0 aromatic heterocycles. The number of aliphatic carboxylic acids is 1. The molecule has 1 amide bonds. The fourth-order valence-corrected chi connectivity index (χ4v) is 2.84. The monoisotopic (exact) mass is 260 g/mol. The van der Waals surface area contributed by atoms with E-state index in [1.807, 2.05) is 0 Å².